The first-order valence-corrected chi connectivity index (χ1v) is 10.0. The van der Waals surface area contributed by atoms with E-state index in [-0.39, 0.29) is 29.6 Å². The first kappa shape index (κ1) is 17.5. The van der Waals surface area contributed by atoms with Crippen LogP contribution in [0.4, 0.5) is 5.69 Å². The molecule has 0 bridgehead atoms. The molecule has 5 nitrogen and oxygen atoms in total. The molecular weight excluding hydrogens is 321 g/mol. The van der Waals surface area contributed by atoms with Crippen molar-refractivity contribution in [3.63, 3.8) is 0 Å². The van der Waals surface area contributed by atoms with Crippen molar-refractivity contribution in [2.24, 2.45) is 11.3 Å². The Balaban J connectivity index is 0.00000176. The van der Waals surface area contributed by atoms with Crippen molar-refractivity contribution >= 4 is 36.6 Å². The van der Waals surface area contributed by atoms with Gasteiger partial charge in [-0.15, -0.1) is 12.4 Å². The number of anilines is 1. The number of rotatable bonds is 3. The van der Waals surface area contributed by atoms with Crippen molar-refractivity contribution in [2.45, 2.75) is 19.3 Å². The smallest absolute Gasteiger partial charge is 0.228 e. The Bertz CT molecular complexity index is 593. The molecule has 2 fully saturated rings. The average Bonchev–Trinajstić information content (AvgIpc) is 3.13. The predicted molar refractivity (Wildman–Crippen MR) is 91.8 cm³/mol. The molecule has 1 unspecified atom stereocenters. The Morgan fingerprint density at radius 3 is 2.59 bits per heavy atom. The van der Waals surface area contributed by atoms with Gasteiger partial charge in [-0.25, -0.2) is 0 Å². The standard InChI is InChI=1S/C15H22N3O2P.ClH/c1-21(2,20)13-4-3-11(10-17-13)18-14(19)12-9-15(12)5-7-16-8-6-15;/h3-4,10,12,16H,5-9H2,1-2H3,(H,18,19);1H. The van der Waals surface area contributed by atoms with E-state index in [4.69, 9.17) is 0 Å². The number of piperidine rings is 1. The maximum Gasteiger partial charge on any atom is 0.228 e. The minimum Gasteiger partial charge on any atom is -0.324 e. The second-order valence-corrected chi connectivity index (χ2v) is 9.77. The number of hydrogen-bond acceptors (Lipinski definition) is 4. The van der Waals surface area contributed by atoms with Crippen LogP contribution < -0.4 is 16.1 Å². The Morgan fingerprint density at radius 2 is 2.05 bits per heavy atom. The number of nitrogens with one attached hydrogen (secondary N) is 2. The lowest BCUT2D eigenvalue weighted by molar-refractivity contribution is -0.118. The van der Waals surface area contributed by atoms with Gasteiger partial charge in [0.05, 0.1) is 17.3 Å². The molecule has 1 spiro atoms. The summed E-state index contributed by atoms with van der Waals surface area (Å²) in [5.41, 5.74) is 1.53. The molecule has 22 heavy (non-hydrogen) atoms. The number of aromatic nitrogens is 1. The second kappa shape index (κ2) is 6.31. The van der Waals surface area contributed by atoms with Crippen molar-refractivity contribution in [1.82, 2.24) is 10.3 Å². The van der Waals surface area contributed by atoms with E-state index in [1.165, 1.54) is 0 Å². The van der Waals surface area contributed by atoms with Gasteiger partial charge in [0, 0.05) is 5.92 Å². The molecule has 1 aromatic heterocycles. The molecule has 0 radical (unpaired) electrons. The summed E-state index contributed by atoms with van der Waals surface area (Å²) >= 11 is 0. The predicted octanol–water partition coefficient (Wildman–Crippen LogP) is 2.08. The van der Waals surface area contributed by atoms with Gasteiger partial charge in [-0.1, -0.05) is 0 Å². The lowest BCUT2D eigenvalue weighted by Crippen LogP contribution is -2.31. The average molecular weight is 344 g/mol. The van der Waals surface area contributed by atoms with E-state index in [9.17, 15) is 9.36 Å². The third-order valence-electron chi connectivity index (χ3n) is 4.67. The monoisotopic (exact) mass is 343 g/mol. The fourth-order valence-corrected chi connectivity index (χ4v) is 3.97. The molecule has 0 aromatic carbocycles. The fraction of sp³-hybridized carbons (Fsp3) is 0.600. The molecule has 122 valence electrons. The number of amides is 1. The van der Waals surface area contributed by atoms with Crippen molar-refractivity contribution in [3.8, 4) is 0 Å². The summed E-state index contributed by atoms with van der Waals surface area (Å²) in [5, 5.41) is 6.28. The molecule has 2 N–H and O–H groups in total. The van der Waals surface area contributed by atoms with Crippen LogP contribution in [-0.4, -0.2) is 37.3 Å². The van der Waals surface area contributed by atoms with E-state index >= 15 is 0 Å². The number of pyridine rings is 1. The van der Waals surface area contributed by atoms with E-state index in [0.29, 0.717) is 11.1 Å². The lowest BCUT2D eigenvalue weighted by atomic mass is 9.92. The number of carbonyl (C=O) groups is 1. The van der Waals surface area contributed by atoms with E-state index in [1.807, 2.05) is 0 Å². The van der Waals surface area contributed by atoms with Crippen molar-refractivity contribution < 1.29 is 9.36 Å². The fourth-order valence-electron chi connectivity index (χ4n) is 3.20. The first-order valence-electron chi connectivity index (χ1n) is 7.44. The van der Waals surface area contributed by atoms with Crippen LogP contribution in [0.3, 0.4) is 0 Å². The molecule has 1 aromatic rings. The van der Waals surface area contributed by atoms with Gasteiger partial charge >= 0.3 is 0 Å². The molecule has 1 saturated heterocycles. The number of hydrogen-bond donors (Lipinski definition) is 2. The highest BCUT2D eigenvalue weighted by Crippen LogP contribution is 2.58. The summed E-state index contributed by atoms with van der Waals surface area (Å²) in [6, 6.07) is 3.53. The zero-order chi connectivity index (χ0) is 15.1. The van der Waals surface area contributed by atoms with Crippen LogP contribution in [0.5, 0.6) is 0 Å². The van der Waals surface area contributed by atoms with Crippen LogP contribution >= 0.6 is 19.5 Å². The molecule has 1 aliphatic carbocycles. The van der Waals surface area contributed by atoms with Crippen molar-refractivity contribution in [2.75, 3.05) is 31.7 Å². The van der Waals surface area contributed by atoms with Crippen LogP contribution in [-0.2, 0) is 9.36 Å². The van der Waals surface area contributed by atoms with Crippen molar-refractivity contribution in [1.29, 1.82) is 0 Å². The summed E-state index contributed by atoms with van der Waals surface area (Å²) in [6.45, 7) is 5.42. The minimum absolute atomic E-state index is 0. The van der Waals surface area contributed by atoms with Crippen LogP contribution in [0.1, 0.15) is 19.3 Å². The Hall–Kier alpha value is -0.900. The first-order chi connectivity index (χ1) is 9.91. The zero-order valence-corrected chi connectivity index (χ0v) is 14.7. The van der Waals surface area contributed by atoms with Gasteiger partial charge in [-0.2, -0.15) is 0 Å². The highest BCUT2D eigenvalue weighted by atomic mass is 35.5. The Labute approximate surface area is 137 Å². The van der Waals surface area contributed by atoms with Gasteiger partial charge in [0.15, 0.2) is 0 Å². The lowest BCUT2D eigenvalue weighted by Gasteiger charge is -2.23. The van der Waals surface area contributed by atoms with E-state index < -0.39 is 7.14 Å². The van der Waals surface area contributed by atoms with Gasteiger partial charge in [0.2, 0.25) is 5.91 Å². The van der Waals surface area contributed by atoms with Gasteiger partial charge < -0.3 is 15.2 Å². The molecular formula is C15H23ClN3O2P. The van der Waals surface area contributed by atoms with Gasteiger partial charge in [-0.05, 0) is 63.2 Å². The third kappa shape index (κ3) is 3.53. The SMILES string of the molecule is CP(C)(=O)c1ccc(NC(=O)C2CC23CCNCC3)cn1.Cl. The summed E-state index contributed by atoms with van der Waals surface area (Å²) in [4.78, 5) is 16.5. The summed E-state index contributed by atoms with van der Waals surface area (Å²) in [5.74, 6) is 0.241. The maximum absolute atomic E-state index is 12.3. The van der Waals surface area contributed by atoms with Crippen LogP contribution in [0, 0.1) is 11.3 Å². The maximum atomic E-state index is 12.3. The van der Waals surface area contributed by atoms with Crippen LogP contribution in [0.25, 0.3) is 0 Å². The van der Waals surface area contributed by atoms with Gasteiger partial charge in [0.1, 0.15) is 7.14 Å². The number of nitrogens with zero attached hydrogens (tertiary/aromatic N) is 1. The zero-order valence-electron chi connectivity index (χ0n) is 13.0. The van der Waals surface area contributed by atoms with Crippen LogP contribution in [0.2, 0.25) is 0 Å². The molecule has 1 atom stereocenters. The Morgan fingerprint density at radius 1 is 1.36 bits per heavy atom. The summed E-state index contributed by atoms with van der Waals surface area (Å²) < 4.78 is 11.9. The second-order valence-electron chi connectivity index (χ2n) is 6.61. The number of halogens is 1. The highest BCUT2D eigenvalue weighted by Gasteiger charge is 2.57. The Kier molecular flexibility index (Phi) is 5.00. The van der Waals surface area contributed by atoms with E-state index in [2.05, 4.69) is 15.6 Å². The van der Waals surface area contributed by atoms with Crippen LogP contribution in [0.15, 0.2) is 18.3 Å². The summed E-state index contributed by atoms with van der Waals surface area (Å²) in [7, 11) is -2.34. The molecule has 2 heterocycles. The quantitative estimate of drug-likeness (QED) is 0.824. The molecule has 3 rings (SSSR count). The molecule has 7 heteroatoms. The highest BCUT2D eigenvalue weighted by molar-refractivity contribution is 7.69. The topological polar surface area (TPSA) is 71.1 Å². The summed E-state index contributed by atoms with van der Waals surface area (Å²) in [6.07, 6.45) is 4.80. The van der Waals surface area contributed by atoms with Gasteiger partial charge in [-0.3, -0.25) is 9.78 Å². The minimum atomic E-state index is -2.34. The third-order valence-corrected chi connectivity index (χ3v) is 6.04. The van der Waals surface area contributed by atoms with E-state index in [1.54, 1.807) is 31.7 Å². The molecule has 2 aliphatic rings. The molecule has 1 aliphatic heterocycles. The normalized spacial score (nSPS) is 22.7. The van der Waals surface area contributed by atoms with E-state index in [0.717, 1.165) is 32.4 Å². The largest absolute Gasteiger partial charge is 0.324 e. The van der Waals surface area contributed by atoms with Crippen molar-refractivity contribution in [3.05, 3.63) is 18.3 Å². The number of carbonyl (C=O) groups excluding carboxylic acids is 1. The molecule has 1 saturated carbocycles. The molecule has 1 amide bonds. The van der Waals surface area contributed by atoms with Gasteiger partial charge in [0.25, 0.3) is 0 Å².